The summed E-state index contributed by atoms with van der Waals surface area (Å²) in [5.41, 5.74) is -0.111. The number of rotatable bonds is 4. The van der Waals surface area contributed by atoms with E-state index in [9.17, 15) is 5.11 Å². The van der Waals surface area contributed by atoms with Gasteiger partial charge in [-0.25, -0.2) is 0 Å². The highest BCUT2D eigenvalue weighted by atomic mass is 35.5. The Hall–Kier alpha value is -0.540. The van der Waals surface area contributed by atoms with Crippen molar-refractivity contribution in [2.24, 2.45) is 7.05 Å². The van der Waals surface area contributed by atoms with Gasteiger partial charge in [-0.2, -0.15) is 5.10 Å². The number of hydrogen-bond donors (Lipinski definition) is 1. The van der Waals surface area contributed by atoms with Crippen LogP contribution >= 0.6 is 11.6 Å². The molecule has 0 aliphatic carbocycles. The largest absolute Gasteiger partial charge is 0.384 e. The minimum absolute atomic E-state index is 0.547. The molecule has 0 aliphatic heterocycles. The molecule has 0 saturated carbocycles. The fraction of sp³-hybridized carbons (Fsp3) is 0.700. The van der Waals surface area contributed by atoms with Crippen molar-refractivity contribution in [3.8, 4) is 0 Å². The maximum atomic E-state index is 10.4. The van der Waals surface area contributed by atoms with Crippen LogP contribution in [-0.2, 0) is 12.6 Å². The molecule has 4 heteroatoms. The third kappa shape index (κ3) is 1.93. The molecular weight excluding hydrogens is 200 g/mol. The molecule has 1 atom stereocenters. The summed E-state index contributed by atoms with van der Waals surface area (Å²) in [5.74, 6) is 0. The van der Waals surface area contributed by atoms with Crippen molar-refractivity contribution in [2.45, 2.75) is 38.7 Å². The van der Waals surface area contributed by atoms with Crippen LogP contribution in [-0.4, -0.2) is 14.9 Å². The van der Waals surface area contributed by atoms with E-state index < -0.39 is 5.60 Å². The highest BCUT2D eigenvalue weighted by Gasteiger charge is 2.31. The molecule has 0 bridgehead atoms. The predicted molar refractivity (Wildman–Crippen MR) is 57.3 cm³/mol. The molecule has 1 aromatic rings. The Balaban J connectivity index is 3.11. The van der Waals surface area contributed by atoms with Crippen molar-refractivity contribution in [1.29, 1.82) is 0 Å². The first-order valence-electron chi connectivity index (χ1n) is 4.95. The van der Waals surface area contributed by atoms with Gasteiger partial charge in [-0.3, -0.25) is 4.68 Å². The van der Waals surface area contributed by atoms with Crippen LogP contribution in [0.4, 0.5) is 0 Å². The first kappa shape index (κ1) is 11.5. The van der Waals surface area contributed by atoms with Gasteiger partial charge in [0.2, 0.25) is 0 Å². The lowest BCUT2D eigenvalue weighted by Crippen LogP contribution is -2.27. The average Bonchev–Trinajstić information content (AvgIpc) is 2.47. The molecule has 3 nitrogen and oxygen atoms in total. The third-order valence-electron chi connectivity index (χ3n) is 2.58. The van der Waals surface area contributed by atoms with Crippen molar-refractivity contribution < 1.29 is 5.11 Å². The highest BCUT2D eigenvalue weighted by Crippen LogP contribution is 2.34. The van der Waals surface area contributed by atoms with Gasteiger partial charge in [0, 0.05) is 7.05 Å². The summed E-state index contributed by atoms with van der Waals surface area (Å²) in [5, 5.41) is 15.0. The Morgan fingerprint density at radius 3 is 2.57 bits per heavy atom. The normalized spacial score (nSPS) is 15.5. The van der Waals surface area contributed by atoms with E-state index in [4.69, 9.17) is 11.6 Å². The minimum atomic E-state index is -0.836. The van der Waals surface area contributed by atoms with Gasteiger partial charge in [-0.15, -0.1) is 0 Å². The first-order chi connectivity index (χ1) is 6.55. The Morgan fingerprint density at radius 1 is 1.57 bits per heavy atom. The van der Waals surface area contributed by atoms with E-state index in [1.165, 1.54) is 0 Å². The summed E-state index contributed by atoms with van der Waals surface area (Å²) >= 11 is 6.00. The summed E-state index contributed by atoms with van der Waals surface area (Å²) in [4.78, 5) is 0. The average molecular weight is 217 g/mol. The molecule has 0 aliphatic rings. The molecule has 1 rings (SSSR count). The van der Waals surface area contributed by atoms with Gasteiger partial charge >= 0.3 is 0 Å². The molecule has 1 heterocycles. The van der Waals surface area contributed by atoms with Crippen molar-refractivity contribution in [2.75, 3.05) is 0 Å². The molecule has 0 aromatic carbocycles. The second-order valence-electron chi connectivity index (χ2n) is 3.60. The minimum Gasteiger partial charge on any atom is -0.384 e. The zero-order valence-corrected chi connectivity index (χ0v) is 9.67. The van der Waals surface area contributed by atoms with E-state index in [0.29, 0.717) is 17.9 Å². The Bertz CT molecular complexity index is 292. The van der Waals surface area contributed by atoms with Gasteiger partial charge < -0.3 is 5.11 Å². The maximum absolute atomic E-state index is 10.4. The van der Waals surface area contributed by atoms with E-state index in [1.54, 1.807) is 17.9 Å². The van der Waals surface area contributed by atoms with Crippen LogP contribution < -0.4 is 0 Å². The molecule has 14 heavy (non-hydrogen) atoms. The van der Waals surface area contributed by atoms with Gasteiger partial charge in [0.25, 0.3) is 0 Å². The van der Waals surface area contributed by atoms with Crippen molar-refractivity contribution >= 4 is 11.6 Å². The van der Waals surface area contributed by atoms with Crippen molar-refractivity contribution in [3.63, 3.8) is 0 Å². The molecule has 0 amide bonds. The zero-order chi connectivity index (χ0) is 10.8. The molecule has 80 valence electrons. The van der Waals surface area contributed by atoms with Gasteiger partial charge in [0.05, 0.1) is 16.9 Å². The number of aryl methyl sites for hydroxylation is 1. The lowest BCUT2D eigenvalue weighted by Gasteiger charge is -2.26. The fourth-order valence-corrected chi connectivity index (χ4v) is 2.15. The van der Waals surface area contributed by atoms with E-state index in [-0.39, 0.29) is 0 Å². The first-order valence-corrected chi connectivity index (χ1v) is 5.33. The summed E-state index contributed by atoms with van der Waals surface area (Å²) < 4.78 is 1.65. The van der Waals surface area contributed by atoms with Crippen LogP contribution in [0.5, 0.6) is 0 Å². The van der Waals surface area contributed by atoms with Crippen molar-refractivity contribution in [3.05, 3.63) is 16.9 Å². The lowest BCUT2D eigenvalue weighted by atomic mass is 9.91. The summed E-state index contributed by atoms with van der Waals surface area (Å²) in [6, 6.07) is 0. The maximum Gasteiger partial charge on any atom is 0.107 e. The van der Waals surface area contributed by atoms with Crippen LogP contribution in [0.3, 0.4) is 0 Å². The number of aliphatic hydroxyl groups is 1. The molecule has 0 radical (unpaired) electrons. The number of nitrogens with zero attached hydrogens (tertiary/aromatic N) is 2. The van der Waals surface area contributed by atoms with Crippen LogP contribution in [0.1, 0.15) is 38.8 Å². The number of aromatic nitrogens is 2. The Labute approximate surface area is 89.7 Å². The second kappa shape index (κ2) is 4.32. The monoisotopic (exact) mass is 216 g/mol. The molecule has 0 fully saturated rings. The van der Waals surface area contributed by atoms with Gasteiger partial charge in [0.15, 0.2) is 0 Å². The summed E-state index contributed by atoms with van der Waals surface area (Å²) in [6.07, 6.45) is 3.86. The summed E-state index contributed by atoms with van der Waals surface area (Å²) in [7, 11) is 1.80. The fourth-order valence-electron chi connectivity index (χ4n) is 1.81. The van der Waals surface area contributed by atoms with E-state index in [1.807, 2.05) is 13.8 Å². The van der Waals surface area contributed by atoms with E-state index in [2.05, 4.69) is 5.10 Å². The summed E-state index contributed by atoms with van der Waals surface area (Å²) in [6.45, 7) is 4.00. The third-order valence-corrected chi connectivity index (χ3v) is 2.86. The van der Waals surface area contributed by atoms with E-state index in [0.717, 1.165) is 12.1 Å². The SMILES string of the molecule is CCCC(O)(CC)c1c(Cl)cnn1C. The zero-order valence-electron chi connectivity index (χ0n) is 8.92. The van der Waals surface area contributed by atoms with Gasteiger partial charge in [-0.1, -0.05) is 31.9 Å². The molecule has 0 saturated heterocycles. The number of hydrogen-bond acceptors (Lipinski definition) is 2. The second-order valence-corrected chi connectivity index (χ2v) is 4.01. The Morgan fingerprint density at radius 2 is 2.21 bits per heavy atom. The molecular formula is C10H17ClN2O. The Kier molecular flexibility index (Phi) is 3.56. The molecule has 1 aromatic heterocycles. The van der Waals surface area contributed by atoms with Gasteiger partial charge in [0.1, 0.15) is 5.60 Å². The topological polar surface area (TPSA) is 38.1 Å². The van der Waals surface area contributed by atoms with Crippen LogP contribution in [0.25, 0.3) is 0 Å². The molecule has 1 N–H and O–H groups in total. The standard InChI is InChI=1S/C10H17ClN2O/c1-4-6-10(14,5-2)9-8(11)7-12-13(9)3/h7,14H,4-6H2,1-3H3. The quantitative estimate of drug-likeness (QED) is 0.840. The van der Waals surface area contributed by atoms with Crippen LogP contribution in [0, 0.1) is 0 Å². The lowest BCUT2D eigenvalue weighted by molar-refractivity contribution is 0.0148. The predicted octanol–water partition coefficient (Wildman–Crippen LogP) is 2.47. The van der Waals surface area contributed by atoms with Gasteiger partial charge in [-0.05, 0) is 12.8 Å². The van der Waals surface area contributed by atoms with E-state index >= 15 is 0 Å². The van der Waals surface area contributed by atoms with Crippen molar-refractivity contribution in [1.82, 2.24) is 9.78 Å². The van der Waals surface area contributed by atoms with Crippen LogP contribution in [0.2, 0.25) is 5.02 Å². The number of halogens is 1. The van der Waals surface area contributed by atoms with Crippen LogP contribution in [0.15, 0.2) is 6.20 Å². The smallest absolute Gasteiger partial charge is 0.107 e. The molecule has 0 spiro atoms. The molecule has 1 unspecified atom stereocenters. The highest BCUT2D eigenvalue weighted by molar-refractivity contribution is 6.31.